The average Bonchev–Trinajstić information content (AvgIpc) is 3.10. The molecule has 18 nitrogen and oxygen atoms in total. The lowest BCUT2D eigenvalue weighted by molar-refractivity contribution is -0.0947. The maximum Gasteiger partial charge on any atom is 0.490 e. The Bertz CT molecular complexity index is 1250. The summed E-state index contributed by atoms with van der Waals surface area (Å²) in [6.07, 6.45) is -3.41. The zero-order chi connectivity index (χ0) is 25.0. The predicted octanol–water partition coefficient (Wildman–Crippen LogP) is -1.34. The predicted molar refractivity (Wildman–Crippen MR) is 105 cm³/mol. The normalized spacial score (nSPS) is 29.7. The fourth-order valence-electron chi connectivity index (χ4n) is 3.10. The fourth-order valence-corrected chi connectivity index (χ4v) is 6.13. The number of nitrogens with two attached hydrogens (primary N) is 1. The molecule has 1 aliphatic heterocycles. The minimum Gasteiger partial charge on any atom is -0.387 e. The summed E-state index contributed by atoms with van der Waals surface area (Å²) in [5.41, 5.74) is 2.86. The summed E-state index contributed by atoms with van der Waals surface area (Å²) in [4.78, 5) is 54.0. The highest BCUT2D eigenvalue weighted by Crippen LogP contribution is 2.66. The highest BCUT2D eigenvalue weighted by Gasteiger charge is 2.54. The number of hydrogen-bond donors (Lipinski definition) is 8. The molecule has 2 aromatic rings. The van der Waals surface area contributed by atoms with Gasteiger partial charge in [0.05, 0.1) is 12.0 Å². The molecular weight excluding hydrogens is 517 g/mol. The Morgan fingerprint density at radius 3 is 2.48 bits per heavy atom. The summed E-state index contributed by atoms with van der Waals surface area (Å²) in [7, 11) is -16.8. The number of nitrogen functional groups attached to an aromatic ring is 1. The van der Waals surface area contributed by atoms with Gasteiger partial charge in [-0.1, -0.05) is 0 Å². The van der Waals surface area contributed by atoms with E-state index in [2.05, 4.69) is 23.1 Å². The minimum atomic E-state index is -5.74. The molecule has 1 fully saturated rings. The van der Waals surface area contributed by atoms with E-state index in [0.29, 0.717) is 0 Å². The summed E-state index contributed by atoms with van der Waals surface area (Å²) < 4.78 is 52.2. The topological polar surface area (TPSA) is 286 Å². The zero-order valence-electron chi connectivity index (χ0n) is 16.4. The van der Waals surface area contributed by atoms with Gasteiger partial charge in [0.15, 0.2) is 11.9 Å². The number of rotatable bonds is 8. The van der Waals surface area contributed by atoms with Crippen LogP contribution in [0.2, 0.25) is 0 Å². The quantitative estimate of drug-likeness (QED) is 0.181. The number of aliphatic hydroxyl groups excluding tert-OH is 1. The van der Waals surface area contributed by atoms with Crippen LogP contribution in [-0.2, 0) is 31.6 Å². The fraction of sp³-hybridized carbons (Fsp3) is 0.500. The van der Waals surface area contributed by atoms with Crippen LogP contribution >= 0.6 is 23.5 Å². The lowest BCUT2D eigenvalue weighted by Gasteiger charge is -2.27. The molecule has 21 heteroatoms. The number of nitrogens with zero attached hydrogens (tertiary/aromatic N) is 2. The first-order valence-electron chi connectivity index (χ1n) is 8.62. The molecule has 1 aliphatic rings. The number of nitrogens with one attached hydrogen (secondary N) is 1. The largest absolute Gasteiger partial charge is 0.490 e. The maximum atomic E-state index is 12.0. The van der Waals surface area contributed by atoms with E-state index in [1.807, 2.05) is 0 Å². The monoisotopic (exact) mass is 536 g/mol. The maximum absolute atomic E-state index is 12.0. The summed E-state index contributed by atoms with van der Waals surface area (Å²) >= 11 is 0. The Hall–Kier alpha value is -1.49. The van der Waals surface area contributed by atoms with Gasteiger partial charge in [0.2, 0.25) is 5.95 Å². The lowest BCUT2D eigenvalue weighted by atomic mass is 9.96. The van der Waals surface area contributed by atoms with Crippen molar-refractivity contribution in [3.63, 3.8) is 0 Å². The number of ether oxygens (including phenoxy) is 1. The molecule has 3 rings (SSSR count). The van der Waals surface area contributed by atoms with E-state index in [0.717, 1.165) is 6.92 Å². The van der Waals surface area contributed by atoms with Crippen molar-refractivity contribution in [3.05, 3.63) is 22.6 Å². The van der Waals surface area contributed by atoms with Crippen molar-refractivity contribution in [2.24, 2.45) is 0 Å². The summed E-state index contributed by atoms with van der Waals surface area (Å²) in [5.74, 6) is -0.241. The van der Waals surface area contributed by atoms with Crippen molar-refractivity contribution in [3.8, 4) is 0 Å². The van der Waals surface area contributed by atoms with Gasteiger partial charge in [0, 0.05) is 6.20 Å². The molecule has 0 radical (unpaired) electrons. The second-order valence-electron chi connectivity index (χ2n) is 7.00. The van der Waals surface area contributed by atoms with Crippen LogP contribution in [0.1, 0.15) is 13.2 Å². The van der Waals surface area contributed by atoms with Crippen molar-refractivity contribution in [2.45, 2.75) is 31.0 Å². The first-order chi connectivity index (χ1) is 14.9. The number of aliphatic hydroxyl groups is 2. The zero-order valence-corrected chi connectivity index (χ0v) is 19.0. The van der Waals surface area contributed by atoms with E-state index in [1.165, 1.54) is 16.8 Å². The van der Waals surface area contributed by atoms with Gasteiger partial charge in [-0.25, -0.2) is 13.7 Å². The van der Waals surface area contributed by atoms with Gasteiger partial charge in [-0.2, -0.15) is 13.6 Å². The van der Waals surface area contributed by atoms with Gasteiger partial charge in [-0.15, -0.1) is 0 Å². The minimum absolute atomic E-state index is 0.0118. The van der Waals surface area contributed by atoms with Crippen LogP contribution < -0.4 is 11.3 Å². The SMILES string of the molecule is CC1(O)[C@@H](O)C(COP(=O)(O)OP(=O)(O)OP(=O)(O)O)O[C@H]1n1ccc2c(=O)[nH]c(N)nc21. The third kappa shape index (κ3) is 5.78. The van der Waals surface area contributed by atoms with E-state index in [9.17, 15) is 33.6 Å². The van der Waals surface area contributed by atoms with Crippen LogP contribution in [0.25, 0.3) is 11.0 Å². The first-order valence-corrected chi connectivity index (χ1v) is 13.1. The van der Waals surface area contributed by atoms with E-state index >= 15 is 0 Å². The Morgan fingerprint density at radius 2 is 1.88 bits per heavy atom. The Labute approximate surface area is 183 Å². The highest BCUT2D eigenvalue weighted by molar-refractivity contribution is 7.66. The van der Waals surface area contributed by atoms with Crippen molar-refractivity contribution in [1.82, 2.24) is 14.5 Å². The van der Waals surface area contributed by atoms with Gasteiger partial charge in [-0.05, 0) is 13.0 Å². The molecule has 9 N–H and O–H groups in total. The van der Waals surface area contributed by atoms with Gasteiger partial charge >= 0.3 is 23.5 Å². The molecule has 0 aliphatic carbocycles. The van der Waals surface area contributed by atoms with Crippen molar-refractivity contribution in [1.29, 1.82) is 0 Å². The van der Waals surface area contributed by atoms with E-state index in [-0.39, 0.29) is 17.0 Å². The van der Waals surface area contributed by atoms with Crippen LogP contribution in [-0.4, -0.2) is 68.7 Å². The Morgan fingerprint density at radius 1 is 1.24 bits per heavy atom. The lowest BCUT2D eigenvalue weighted by Crippen LogP contribution is -2.44. The number of phosphoric ester groups is 1. The first kappa shape index (κ1) is 26.1. The van der Waals surface area contributed by atoms with Crippen LogP contribution in [0.4, 0.5) is 5.95 Å². The molecule has 0 aromatic carbocycles. The molecular formula is C12H19N4O14P3. The van der Waals surface area contributed by atoms with E-state index in [4.69, 9.17) is 25.2 Å². The van der Waals surface area contributed by atoms with Gasteiger partial charge in [-0.3, -0.25) is 14.3 Å². The molecule has 0 saturated carbocycles. The van der Waals surface area contributed by atoms with Gasteiger partial charge < -0.3 is 44.8 Å². The van der Waals surface area contributed by atoms with Crippen molar-refractivity contribution >= 4 is 40.4 Å². The molecule has 33 heavy (non-hydrogen) atoms. The van der Waals surface area contributed by atoms with E-state index < -0.39 is 59.7 Å². The number of H-pyrrole nitrogens is 1. The number of aromatic nitrogens is 3. The summed E-state index contributed by atoms with van der Waals surface area (Å²) in [6.45, 7) is 0.141. The molecule has 3 heterocycles. The van der Waals surface area contributed by atoms with Crippen LogP contribution in [0.5, 0.6) is 0 Å². The molecule has 186 valence electrons. The third-order valence-corrected chi connectivity index (χ3v) is 8.23. The second kappa shape index (κ2) is 8.62. The molecule has 0 amide bonds. The van der Waals surface area contributed by atoms with Crippen LogP contribution in [0.3, 0.4) is 0 Å². The molecule has 2 aromatic heterocycles. The third-order valence-electron chi connectivity index (χ3n) is 4.42. The molecule has 0 bridgehead atoms. The van der Waals surface area contributed by atoms with Crippen LogP contribution in [0, 0.1) is 0 Å². The Balaban J connectivity index is 1.78. The molecule has 1 saturated heterocycles. The van der Waals surface area contributed by atoms with Crippen LogP contribution in [0.15, 0.2) is 17.1 Å². The average molecular weight is 536 g/mol. The summed E-state index contributed by atoms with van der Waals surface area (Å²) in [6, 6.07) is 1.34. The van der Waals surface area contributed by atoms with E-state index in [1.54, 1.807) is 0 Å². The molecule has 0 spiro atoms. The standard InChI is InChI=1S/C12H19N4O14P3/c1-12(19)7(17)6(4-27-32(23,24)30-33(25,26)29-31(20,21)22)28-10(12)16-3-2-5-8(16)14-11(13)15-9(5)18/h2-3,6-7,10,17,19H,4H2,1H3,(H,23,24)(H,25,26)(H2,20,21,22)(H3,13,14,15,18)/t6?,7-,10+,12?/m0/s1. The number of phosphoric acid groups is 3. The van der Waals surface area contributed by atoms with Gasteiger partial charge in [0.25, 0.3) is 5.56 Å². The molecule has 6 atom stereocenters. The highest BCUT2D eigenvalue weighted by atomic mass is 31.3. The second-order valence-corrected chi connectivity index (χ2v) is 11.4. The van der Waals surface area contributed by atoms with Gasteiger partial charge in [0.1, 0.15) is 17.8 Å². The number of anilines is 1. The van der Waals surface area contributed by atoms with Crippen molar-refractivity contribution in [2.75, 3.05) is 12.3 Å². The summed E-state index contributed by atoms with van der Waals surface area (Å²) in [5, 5.41) is 21.3. The number of fused-ring (bicyclic) bond motifs is 1. The smallest absolute Gasteiger partial charge is 0.387 e. The molecule has 4 unspecified atom stereocenters. The Kier molecular flexibility index (Phi) is 6.83. The number of hydrogen-bond acceptors (Lipinski definition) is 12. The number of aromatic amines is 1. The van der Waals surface area contributed by atoms with Crippen molar-refractivity contribution < 1.29 is 61.4 Å².